The van der Waals surface area contributed by atoms with Crippen molar-refractivity contribution < 1.29 is 9.84 Å². The van der Waals surface area contributed by atoms with Crippen LogP contribution in [0.15, 0.2) is 24.3 Å². The first-order valence-corrected chi connectivity index (χ1v) is 6.72. The molecule has 0 radical (unpaired) electrons. The third-order valence-electron chi connectivity index (χ3n) is 3.25. The lowest BCUT2D eigenvalue weighted by Gasteiger charge is -2.18. The molecule has 0 aromatic heterocycles. The van der Waals surface area contributed by atoms with Gasteiger partial charge in [-0.25, -0.2) is 0 Å². The van der Waals surface area contributed by atoms with Gasteiger partial charge in [-0.05, 0) is 12.0 Å². The summed E-state index contributed by atoms with van der Waals surface area (Å²) in [6, 6.07) is 7.78. The maximum atomic E-state index is 9.89. The van der Waals surface area contributed by atoms with Crippen molar-refractivity contribution in [2.45, 2.75) is 32.9 Å². The van der Waals surface area contributed by atoms with Crippen molar-refractivity contribution >= 4 is 0 Å². The van der Waals surface area contributed by atoms with Gasteiger partial charge in [-0.15, -0.1) is 6.42 Å². The Balaban J connectivity index is 2.47. The second-order valence-corrected chi connectivity index (χ2v) is 4.68. The number of benzene rings is 1. The minimum Gasteiger partial charge on any atom is -0.481 e. The van der Waals surface area contributed by atoms with Crippen molar-refractivity contribution in [1.82, 2.24) is 5.32 Å². The SMILES string of the molecule is C#CCOc1ccccc1CNCC(O)C(C)CC. The smallest absolute Gasteiger partial charge is 0.148 e. The molecule has 0 aliphatic rings. The fraction of sp³-hybridized carbons (Fsp3) is 0.500. The van der Waals surface area contributed by atoms with Crippen molar-refractivity contribution in [3.63, 3.8) is 0 Å². The molecule has 2 atom stereocenters. The minimum absolute atomic E-state index is 0.270. The van der Waals surface area contributed by atoms with Gasteiger partial charge in [0, 0.05) is 18.7 Å². The highest BCUT2D eigenvalue weighted by molar-refractivity contribution is 5.33. The summed E-state index contributed by atoms with van der Waals surface area (Å²) in [5, 5.41) is 13.1. The van der Waals surface area contributed by atoms with E-state index in [-0.39, 0.29) is 12.7 Å². The number of aliphatic hydroxyl groups excluding tert-OH is 1. The van der Waals surface area contributed by atoms with Crippen LogP contribution in [0.4, 0.5) is 0 Å². The second kappa shape index (κ2) is 8.58. The normalized spacial score (nSPS) is 13.6. The summed E-state index contributed by atoms with van der Waals surface area (Å²) >= 11 is 0. The lowest BCUT2D eigenvalue weighted by Crippen LogP contribution is -2.31. The predicted molar refractivity (Wildman–Crippen MR) is 77.9 cm³/mol. The van der Waals surface area contributed by atoms with E-state index in [9.17, 15) is 5.11 Å². The molecule has 0 amide bonds. The van der Waals surface area contributed by atoms with Crippen LogP contribution in [0.3, 0.4) is 0 Å². The second-order valence-electron chi connectivity index (χ2n) is 4.68. The molecule has 0 aliphatic heterocycles. The van der Waals surface area contributed by atoms with Crippen LogP contribution in [0.25, 0.3) is 0 Å². The zero-order valence-corrected chi connectivity index (χ0v) is 11.7. The standard InChI is InChI=1S/C16H23NO2/c1-4-10-19-16-9-7-6-8-14(16)11-17-12-15(18)13(3)5-2/h1,6-9,13,15,17-18H,5,10-12H2,2-3H3. The Morgan fingerprint density at radius 3 is 2.84 bits per heavy atom. The van der Waals surface area contributed by atoms with Gasteiger partial charge in [-0.2, -0.15) is 0 Å². The molecule has 3 nitrogen and oxygen atoms in total. The summed E-state index contributed by atoms with van der Waals surface area (Å²) in [5.74, 6) is 3.56. The fourth-order valence-electron chi connectivity index (χ4n) is 1.74. The lowest BCUT2D eigenvalue weighted by molar-refractivity contribution is 0.112. The van der Waals surface area contributed by atoms with Crippen LogP contribution in [0.1, 0.15) is 25.8 Å². The maximum Gasteiger partial charge on any atom is 0.148 e. The molecule has 1 aromatic carbocycles. The summed E-state index contributed by atoms with van der Waals surface area (Å²) in [7, 11) is 0. The summed E-state index contributed by atoms with van der Waals surface area (Å²) in [5.41, 5.74) is 1.05. The van der Waals surface area contributed by atoms with E-state index < -0.39 is 0 Å². The van der Waals surface area contributed by atoms with Gasteiger partial charge in [0.05, 0.1) is 6.10 Å². The van der Waals surface area contributed by atoms with E-state index in [1.54, 1.807) is 0 Å². The number of hydrogen-bond donors (Lipinski definition) is 2. The Labute approximate surface area is 116 Å². The van der Waals surface area contributed by atoms with Gasteiger partial charge < -0.3 is 15.2 Å². The molecule has 0 saturated carbocycles. The summed E-state index contributed by atoms with van der Waals surface area (Å²) in [4.78, 5) is 0. The summed E-state index contributed by atoms with van der Waals surface area (Å²) < 4.78 is 5.47. The molecule has 0 spiro atoms. The number of aliphatic hydroxyl groups is 1. The summed E-state index contributed by atoms with van der Waals surface area (Å²) in [6.45, 7) is 5.65. The molecule has 1 rings (SSSR count). The molecule has 19 heavy (non-hydrogen) atoms. The monoisotopic (exact) mass is 261 g/mol. The van der Waals surface area contributed by atoms with Crippen LogP contribution in [-0.2, 0) is 6.54 Å². The van der Waals surface area contributed by atoms with Gasteiger partial charge in [0.1, 0.15) is 12.4 Å². The number of para-hydroxylation sites is 1. The van der Waals surface area contributed by atoms with Crippen molar-refractivity contribution in [3.8, 4) is 18.1 Å². The Morgan fingerprint density at radius 2 is 2.16 bits per heavy atom. The number of nitrogens with one attached hydrogen (secondary N) is 1. The van der Waals surface area contributed by atoms with Crippen molar-refractivity contribution in [3.05, 3.63) is 29.8 Å². The number of rotatable bonds is 8. The molecule has 3 heteroatoms. The topological polar surface area (TPSA) is 41.5 Å². The predicted octanol–water partition coefficient (Wildman–Crippen LogP) is 2.20. The third kappa shape index (κ3) is 5.34. The molecule has 0 bridgehead atoms. The molecular formula is C16H23NO2. The zero-order valence-electron chi connectivity index (χ0n) is 11.7. The number of hydrogen-bond acceptors (Lipinski definition) is 3. The molecule has 0 aliphatic carbocycles. The van der Waals surface area contributed by atoms with E-state index in [1.807, 2.05) is 24.3 Å². The van der Waals surface area contributed by atoms with Gasteiger partial charge >= 0.3 is 0 Å². The number of ether oxygens (including phenoxy) is 1. The molecule has 2 unspecified atom stereocenters. The average Bonchev–Trinajstić information content (AvgIpc) is 2.45. The van der Waals surface area contributed by atoms with E-state index in [0.717, 1.165) is 17.7 Å². The Kier molecular flexibility index (Phi) is 7.02. The van der Waals surface area contributed by atoms with Gasteiger partial charge in [0.2, 0.25) is 0 Å². The van der Waals surface area contributed by atoms with Gasteiger partial charge in [0.15, 0.2) is 0 Å². The van der Waals surface area contributed by atoms with E-state index in [0.29, 0.717) is 19.0 Å². The van der Waals surface area contributed by atoms with Crippen LogP contribution in [-0.4, -0.2) is 24.4 Å². The van der Waals surface area contributed by atoms with Crippen molar-refractivity contribution in [2.24, 2.45) is 5.92 Å². The highest BCUT2D eigenvalue weighted by atomic mass is 16.5. The van der Waals surface area contributed by atoms with Crippen molar-refractivity contribution in [2.75, 3.05) is 13.2 Å². The molecule has 2 N–H and O–H groups in total. The molecule has 104 valence electrons. The van der Waals surface area contributed by atoms with Crippen LogP contribution >= 0.6 is 0 Å². The van der Waals surface area contributed by atoms with E-state index in [4.69, 9.17) is 11.2 Å². The Morgan fingerprint density at radius 1 is 1.42 bits per heavy atom. The van der Waals surface area contributed by atoms with Crippen LogP contribution in [0.2, 0.25) is 0 Å². The fourth-order valence-corrected chi connectivity index (χ4v) is 1.74. The lowest BCUT2D eigenvalue weighted by atomic mass is 10.0. The van der Waals surface area contributed by atoms with E-state index in [1.165, 1.54) is 0 Å². The first-order valence-electron chi connectivity index (χ1n) is 6.72. The Bertz CT molecular complexity index is 411. The molecule has 0 heterocycles. The first kappa shape index (κ1) is 15.6. The van der Waals surface area contributed by atoms with E-state index >= 15 is 0 Å². The number of terminal acetylenes is 1. The molecule has 0 fully saturated rings. The first-order chi connectivity index (χ1) is 9.19. The van der Waals surface area contributed by atoms with Gasteiger partial charge in [-0.3, -0.25) is 0 Å². The molecule has 1 aromatic rings. The van der Waals surface area contributed by atoms with Crippen LogP contribution < -0.4 is 10.1 Å². The largest absolute Gasteiger partial charge is 0.481 e. The highest BCUT2D eigenvalue weighted by Crippen LogP contribution is 2.17. The van der Waals surface area contributed by atoms with Crippen LogP contribution in [0, 0.1) is 18.3 Å². The maximum absolute atomic E-state index is 9.89. The Hall–Kier alpha value is -1.50. The highest BCUT2D eigenvalue weighted by Gasteiger charge is 2.11. The van der Waals surface area contributed by atoms with Crippen LogP contribution in [0.5, 0.6) is 5.75 Å². The molecule has 0 saturated heterocycles. The minimum atomic E-state index is -0.316. The van der Waals surface area contributed by atoms with Gasteiger partial charge in [0.25, 0.3) is 0 Å². The zero-order chi connectivity index (χ0) is 14.1. The average molecular weight is 261 g/mol. The molecular weight excluding hydrogens is 238 g/mol. The van der Waals surface area contributed by atoms with Crippen molar-refractivity contribution in [1.29, 1.82) is 0 Å². The van der Waals surface area contributed by atoms with Gasteiger partial charge in [-0.1, -0.05) is 44.4 Å². The third-order valence-corrected chi connectivity index (χ3v) is 3.25. The summed E-state index contributed by atoms with van der Waals surface area (Å²) in [6.07, 6.45) is 5.85. The quantitative estimate of drug-likeness (QED) is 0.705. The van der Waals surface area contributed by atoms with E-state index in [2.05, 4.69) is 25.1 Å².